The van der Waals surface area contributed by atoms with Gasteiger partial charge in [0.25, 0.3) is 5.91 Å². The van der Waals surface area contributed by atoms with Crippen molar-refractivity contribution < 1.29 is 14.3 Å². The predicted molar refractivity (Wildman–Crippen MR) is 91.8 cm³/mol. The van der Waals surface area contributed by atoms with Gasteiger partial charge in [-0.05, 0) is 36.3 Å². The molecule has 1 amide bonds. The summed E-state index contributed by atoms with van der Waals surface area (Å²) in [5.74, 6) is 1.70. The van der Waals surface area contributed by atoms with Gasteiger partial charge in [-0.1, -0.05) is 45.7 Å². The highest BCUT2D eigenvalue weighted by molar-refractivity contribution is 5.78. The first kappa shape index (κ1) is 17.6. The smallest absolute Gasteiger partial charge is 0.258 e. The van der Waals surface area contributed by atoms with Crippen LogP contribution in [0.3, 0.4) is 0 Å². The molecule has 1 aliphatic rings. The van der Waals surface area contributed by atoms with E-state index in [9.17, 15) is 4.79 Å². The Kier molecular flexibility index (Phi) is 5.91. The summed E-state index contributed by atoms with van der Waals surface area (Å²) in [5, 5.41) is 3.18. The van der Waals surface area contributed by atoms with E-state index in [0.717, 1.165) is 6.42 Å². The van der Waals surface area contributed by atoms with Crippen molar-refractivity contribution >= 4 is 5.91 Å². The molecule has 4 nitrogen and oxygen atoms in total. The summed E-state index contributed by atoms with van der Waals surface area (Å²) >= 11 is 0. The van der Waals surface area contributed by atoms with Gasteiger partial charge in [-0.15, -0.1) is 0 Å². The Bertz CT molecular complexity index is 522. The molecule has 1 aromatic rings. The van der Waals surface area contributed by atoms with E-state index in [1.165, 1.54) is 19.3 Å². The zero-order valence-corrected chi connectivity index (χ0v) is 14.7. The maximum absolute atomic E-state index is 12.3. The number of methoxy groups -OCH3 is 1. The second-order valence-corrected chi connectivity index (χ2v) is 7.37. The van der Waals surface area contributed by atoms with Crippen molar-refractivity contribution in [3.05, 3.63) is 24.3 Å². The molecular weight excluding hydrogens is 290 g/mol. The summed E-state index contributed by atoms with van der Waals surface area (Å²) in [5.41, 5.74) is 0.210. The first-order chi connectivity index (χ1) is 10.9. The summed E-state index contributed by atoms with van der Waals surface area (Å²) in [6.07, 6.45) is 4.68. The van der Waals surface area contributed by atoms with Crippen LogP contribution in [0.25, 0.3) is 0 Å². The van der Waals surface area contributed by atoms with Gasteiger partial charge in [0.05, 0.1) is 7.11 Å². The topological polar surface area (TPSA) is 47.6 Å². The minimum Gasteiger partial charge on any atom is -0.493 e. The van der Waals surface area contributed by atoms with Crippen LogP contribution in [-0.2, 0) is 4.79 Å². The molecule has 1 aliphatic carbocycles. The molecule has 4 heteroatoms. The molecule has 0 heterocycles. The van der Waals surface area contributed by atoms with Crippen molar-refractivity contribution in [1.29, 1.82) is 0 Å². The number of ether oxygens (including phenoxy) is 2. The van der Waals surface area contributed by atoms with E-state index in [4.69, 9.17) is 9.47 Å². The van der Waals surface area contributed by atoms with E-state index >= 15 is 0 Å². The quantitative estimate of drug-likeness (QED) is 0.898. The van der Waals surface area contributed by atoms with Crippen molar-refractivity contribution in [3.63, 3.8) is 0 Å². The van der Waals surface area contributed by atoms with Crippen LogP contribution in [0.15, 0.2) is 24.3 Å². The Morgan fingerprint density at radius 2 is 1.83 bits per heavy atom. The van der Waals surface area contributed by atoms with Crippen LogP contribution in [0.5, 0.6) is 11.5 Å². The highest BCUT2D eigenvalue weighted by atomic mass is 16.5. The minimum atomic E-state index is -0.0583. The molecule has 1 N–H and O–H groups in total. The zero-order valence-electron chi connectivity index (χ0n) is 14.7. The van der Waals surface area contributed by atoms with Gasteiger partial charge in [0.15, 0.2) is 18.1 Å². The molecule has 2 unspecified atom stereocenters. The first-order valence-electron chi connectivity index (χ1n) is 8.47. The number of benzene rings is 1. The maximum Gasteiger partial charge on any atom is 0.258 e. The monoisotopic (exact) mass is 319 g/mol. The number of hydrogen-bond donors (Lipinski definition) is 1. The van der Waals surface area contributed by atoms with E-state index in [2.05, 4.69) is 26.1 Å². The summed E-state index contributed by atoms with van der Waals surface area (Å²) in [6.45, 7) is 6.79. The van der Waals surface area contributed by atoms with Gasteiger partial charge in [0, 0.05) is 6.04 Å². The lowest BCUT2D eigenvalue weighted by Crippen LogP contribution is -2.48. The second-order valence-electron chi connectivity index (χ2n) is 7.37. The van der Waals surface area contributed by atoms with Gasteiger partial charge in [-0.3, -0.25) is 4.79 Å². The number of carbonyl (C=O) groups excluding carboxylic acids is 1. The van der Waals surface area contributed by atoms with Crippen LogP contribution in [0.1, 0.15) is 46.5 Å². The Hall–Kier alpha value is -1.71. The lowest BCUT2D eigenvalue weighted by molar-refractivity contribution is -0.124. The lowest BCUT2D eigenvalue weighted by Gasteiger charge is -2.40. The van der Waals surface area contributed by atoms with Crippen molar-refractivity contribution in [2.75, 3.05) is 13.7 Å². The van der Waals surface area contributed by atoms with E-state index in [0.29, 0.717) is 17.4 Å². The zero-order chi connectivity index (χ0) is 16.9. The van der Waals surface area contributed by atoms with Crippen molar-refractivity contribution in [3.8, 4) is 11.5 Å². The van der Waals surface area contributed by atoms with Crippen LogP contribution in [-0.4, -0.2) is 25.7 Å². The van der Waals surface area contributed by atoms with Gasteiger partial charge in [0.1, 0.15) is 0 Å². The first-order valence-corrected chi connectivity index (χ1v) is 8.47. The molecule has 0 bridgehead atoms. The van der Waals surface area contributed by atoms with Gasteiger partial charge in [-0.2, -0.15) is 0 Å². The predicted octanol–water partition coefficient (Wildman–Crippen LogP) is 3.80. The molecule has 0 radical (unpaired) electrons. The van der Waals surface area contributed by atoms with Gasteiger partial charge >= 0.3 is 0 Å². The van der Waals surface area contributed by atoms with Gasteiger partial charge in [-0.25, -0.2) is 0 Å². The number of nitrogens with one attached hydrogen (secondary N) is 1. The largest absolute Gasteiger partial charge is 0.493 e. The summed E-state index contributed by atoms with van der Waals surface area (Å²) in [4.78, 5) is 12.3. The summed E-state index contributed by atoms with van der Waals surface area (Å²) in [7, 11) is 1.60. The number of amides is 1. The number of carbonyl (C=O) groups is 1. The fourth-order valence-electron chi connectivity index (χ4n) is 3.47. The maximum atomic E-state index is 12.3. The van der Waals surface area contributed by atoms with Crippen LogP contribution < -0.4 is 14.8 Å². The SMILES string of the molecule is COc1ccccc1OCC(=O)NC1CCCCC1C(C)(C)C. The van der Waals surface area contributed by atoms with Crippen LogP contribution in [0.2, 0.25) is 0 Å². The molecule has 23 heavy (non-hydrogen) atoms. The number of para-hydroxylation sites is 2. The molecule has 2 rings (SSSR count). The van der Waals surface area contributed by atoms with E-state index in [1.807, 2.05) is 24.3 Å². The van der Waals surface area contributed by atoms with E-state index < -0.39 is 0 Å². The fraction of sp³-hybridized carbons (Fsp3) is 0.632. The standard InChI is InChI=1S/C19H29NO3/c1-19(2,3)14-9-5-6-10-15(14)20-18(21)13-23-17-12-8-7-11-16(17)22-4/h7-8,11-12,14-15H,5-6,9-10,13H2,1-4H3,(H,20,21). The third-order valence-corrected chi connectivity index (χ3v) is 4.65. The summed E-state index contributed by atoms with van der Waals surface area (Å²) in [6, 6.07) is 7.63. The van der Waals surface area contributed by atoms with Crippen LogP contribution >= 0.6 is 0 Å². The Labute approximate surface area is 139 Å². The van der Waals surface area contributed by atoms with Crippen LogP contribution in [0, 0.1) is 11.3 Å². The van der Waals surface area contributed by atoms with Crippen molar-refractivity contribution in [1.82, 2.24) is 5.32 Å². The highest BCUT2D eigenvalue weighted by Gasteiger charge is 2.34. The molecule has 0 saturated heterocycles. The lowest BCUT2D eigenvalue weighted by atomic mass is 9.69. The molecule has 0 aromatic heterocycles. The van der Waals surface area contributed by atoms with E-state index in [1.54, 1.807) is 7.11 Å². The molecule has 1 saturated carbocycles. The molecule has 1 fully saturated rings. The number of hydrogen-bond acceptors (Lipinski definition) is 3. The molecular formula is C19H29NO3. The number of rotatable bonds is 5. The Morgan fingerprint density at radius 3 is 2.48 bits per heavy atom. The van der Waals surface area contributed by atoms with E-state index in [-0.39, 0.29) is 24.0 Å². The highest BCUT2D eigenvalue weighted by Crippen LogP contribution is 2.38. The van der Waals surface area contributed by atoms with Crippen molar-refractivity contribution in [2.24, 2.45) is 11.3 Å². The minimum absolute atomic E-state index is 0.0216. The third-order valence-electron chi connectivity index (χ3n) is 4.65. The van der Waals surface area contributed by atoms with Gasteiger partial charge < -0.3 is 14.8 Å². The average molecular weight is 319 g/mol. The molecule has 0 aliphatic heterocycles. The Morgan fingerprint density at radius 1 is 1.17 bits per heavy atom. The second kappa shape index (κ2) is 7.71. The van der Waals surface area contributed by atoms with Crippen LogP contribution in [0.4, 0.5) is 0 Å². The molecule has 2 atom stereocenters. The van der Waals surface area contributed by atoms with Gasteiger partial charge in [0.2, 0.25) is 0 Å². The fourth-order valence-corrected chi connectivity index (χ4v) is 3.47. The van der Waals surface area contributed by atoms with Crippen molar-refractivity contribution in [2.45, 2.75) is 52.5 Å². The molecule has 128 valence electrons. The molecule has 1 aromatic carbocycles. The average Bonchev–Trinajstić information content (AvgIpc) is 2.52. The third kappa shape index (κ3) is 4.88. The molecule has 0 spiro atoms. The summed E-state index contributed by atoms with van der Waals surface area (Å²) < 4.78 is 10.8. The normalized spacial score (nSPS) is 21.6. The Balaban J connectivity index is 1.91.